The van der Waals surface area contributed by atoms with E-state index in [9.17, 15) is 15.0 Å². The van der Waals surface area contributed by atoms with Gasteiger partial charge in [-0.1, -0.05) is 0 Å². The molecule has 0 aliphatic heterocycles. The molecule has 4 heteroatoms. The third kappa shape index (κ3) is 1.25. The quantitative estimate of drug-likeness (QED) is 0.502. The molecule has 3 rings (SSSR count). The van der Waals surface area contributed by atoms with Crippen molar-refractivity contribution < 1.29 is 15.0 Å². The predicted molar refractivity (Wildman–Crippen MR) is 45.5 cm³/mol. The van der Waals surface area contributed by atoms with Gasteiger partial charge in [-0.15, -0.1) is 0 Å². The maximum absolute atomic E-state index is 11.0. The molecule has 74 valence electrons. The molecule has 3 aliphatic carbocycles. The number of amides is 1. The molecule has 3 aliphatic rings. The molecule has 4 nitrogen and oxygen atoms in total. The third-order valence-corrected chi connectivity index (χ3v) is 3.58. The highest BCUT2D eigenvalue weighted by Gasteiger charge is 2.49. The fourth-order valence-corrected chi connectivity index (χ4v) is 2.80. The normalized spacial score (nSPS) is 49.2. The van der Waals surface area contributed by atoms with Crippen molar-refractivity contribution in [1.82, 2.24) is 0 Å². The van der Waals surface area contributed by atoms with Crippen molar-refractivity contribution in [2.24, 2.45) is 23.5 Å². The highest BCUT2D eigenvalue weighted by molar-refractivity contribution is 5.77. The first-order chi connectivity index (χ1) is 6.11. The average Bonchev–Trinajstić information content (AvgIpc) is 2.12. The zero-order valence-electron chi connectivity index (χ0n) is 7.39. The Hall–Kier alpha value is -0.610. The van der Waals surface area contributed by atoms with Gasteiger partial charge in [0.05, 0.1) is 12.2 Å². The van der Waals surface area contributed by atoms with Gasteiger partial charge in [0, 0.05) is 5.92 Å². The molecule has 0 aromatic rings. The number of aliphatic hydroxyl groups excluding tert-OH is 2. The molecule has 4 N–H and O–H groups in total. The van der Waals surface area contributed by atoms with Crippen LogP contribution in [0.4, 0.5) is 0 Å². The summed E-state index contributed by atoms with van der Waals surface area (Å²) in [5, 5.41) is 19.2. The van der Waals surface area contributed by atoms with E-state index < -0.39 is 12.2 Å². The molecule has 2 bridgehead atoms. The first kappa shape index (κ1) is 8.97. The van der Waals surface area contributed by atoms with E-state index in [2.05, 4.69) is 0 Å². The molecule has 0 radical (unpaired) electrons. The number of aliphatic hydroxyl groups is 2. The van der Waals surface area contributed by atoms with E-state index in [-0.39, 0.29) is 23.7 Å². The summed E-state index contributed by atoms with van der Waals surface area (Å²) in [6.45, 7) is 0. The van der Waals surface area contributed by atoms with Crippen LogP contribution < -0.4 is 5.73 Å². The largest absolute Gasteiger partial charge is 0.390 e. The van der Waals surface area contributed by atoms with Crippen molar-refractivity contribution in [3.8, 4) is 0 Å². The van der Waals surface area contributed by atoms with Gasteiger partial charge in [-0.25, -0.2) is 0 Å². The molecule has 5 atom stereocenters. The van der Waals surface area contributed by atoms with Gasteiger partial charge in [0.1, 0.15) is 0 Å². The van der Waals surface area contributed by atoms with E-state index in [0.717, 1.165) is 12.8 Å². The summed E-state index contributed by atoms with van der Waals surface area (Å²) in [5.74, 6) is -0.604. The van der Waals surface area contributed by atoms with Crippen LogP contribution >= 0.6 is 0 Å². The number of primary amides is 1. The van der Waals surface area contributed by atoms with Crippen molar-refractivity contribution in [1.29, 1.82) is 0 Å². The van der Waals surface area contributed by atoms with E-state index >= 15 is 0 Å². The van der Waals surface area contributed by atoms with Gasteiger partial charge in [0.15, 0.2) is 0 Å². The lowest BCUT2D eigenvalue weighted by molar-refractivity contribution is -0.151. The smallest absolute Gasteiger partial charge is 0.220 e. The van der Waals surface area contributed by atoms with Crippen LogP contribution in [0.2, 0.25) is 0 Å². The van der Waals surface area contributed by atoms with Crippen LogP contribution in [0.15, 0.2) is 0 Å². The number of hydrogen-bond donors (Lipinski definition) is 3. The standard InChI is InChI=1S/C9H15NO3/c10-9(13)6-3-4-1-2-5(6)8(12)7(4)11/h4-8,11-12H,1-3H2,(H2,10,13). The van der Waals surface area contributed by atoms with Crippen LogP contribution in [0.25, 0.3) is 0 Å². The van der Waals surface area contributed by atoms with Crippen LogP contribution in [0.5, 0.6) is 0 Å². The van der Waals surface area contributed by atoms with Gasteiger partial charge in [0.2, 0.25) is 5.91 Å². The first-order valence-corrected chi connectivity index (χ1v) is 4.76. The van der Waals surface area contributed by atoms with E-state index in [1.807, 2.05) is 0 Å². The monoisotopic (exact) mass is 185 g/mol. The van der Waals surface area contributed by atoms with E-state index in [0.29, 0.717) is 6.42 Å². The van der Waals surface area contributed by atoms with Crippen LogP contribution in [0, 0.1) is 17.8 Å². The summed E-state index contributed by atoms with van der Waals surface area (Å²) in [5.41, 5.74) is 5.23. The number of rotatable bonds is 1. The Morgan fingerprint density at radius 3 is 2.46 bits per heavy atom. The van der Waals surface area contributed by atoms with Crippen LogP contribution in [-0.4, -0.2) is 28.3 Å². The molecule has 0 aromatic carbocycles. The van der Waals surface area contributed by atoms with Crippen molar-refractivity contribution in [3.05, 3.63) is 0 Å². The number of carbonyl (C=O) groups is 1. The van der Waals surface area contributed by atoms with Crippen molar-refractivity contribution >= 4 is 5.91 Å². The molecule has 5 unspecified atom stereocenters. The Bertz CT molecular complexity index is 229. The highest BCUT2D eigenvalue weighted by Crippen LogP contribution is 2.45. The lowest BCUT2D eigenvalue weighted by Crippen LogP contribution is -2.54. The van der Waals surface area contributed by atoms with Gasteiger partial charge < -0.3 is 15.9 Å². The molecule has 0 saturated heterocycles. The van der Waals surface area contributed by atoms with Crippen molar-refractivity contribution in [2.45, 2.75) is 31.5 Å². The topological polar surface area (TPSA) is 83.6 Å². The summed E-state index contributed by atoms with van der Waals surface area (Å²) in [6.07, 6.45) is 0.987. The summed E-state index contributed by atoms with van der Waals surface area (Å²) in [4.78, 5) is 11.0. The Morgan fingerprint density at radius 2 is 1.92 bits per heavy atom. The second-order valence-electron chi connectivity index (χ2n) is 4.23. The zero-order chi connectivity index (χ0) is 9.59. The Morgan fingerprint density at radius 1 is 1.23 bits per heavy atom. The van der Waals surface area contributed by atoms with Gasteiger partial charge in [-0.2, -0.15) is 0 Å². The zero-order valence-corrected chi connectivity index (χ0v) is 7.39. The molecule has 0 heterocycles. The number of nitrogens with two attached hydrogens (primary N) is 1. The molecule has 3 fully saturated rings. The van der Waals surface area contributed by atoms with Gasteiger partial charge in [-0.3, -0.25) is 4.79 Å². The SMILES string of the molecule is NC(=O)C1CC2CCC1C(O)C2O. The number of carbonyl (C=O) groups excluding carboxylic acids is 1. The van der Waals surface area contributed by atoms with Gasteiger partial charge in [0.25, 0.3) is 0 Å². The van der Waals surface area contributed by atoms with E-state index in [4.69, 9.17) is 5.73 Å². The second-order valence-corrected chi connectivity index (χ2v) is 4.23. The Kier molecular flexibility index (Phi) is 2.04. The second kappa shape index (κ2) is 2.96. The molecular formula is C9H15NO3. The third-order valence-electron chi connectivity index (χ3n) is 3.58. The Labute approximate surface area is 76.7 Å². The lowest BCUT2D eigenvalue weighted by atomic mass is 9.61. The molecule has 1 amide bonds. The van der Waals surface area contributed by atoms with Crippen LogP contribution in [-0.2, 0) is 4.79 Å². The maximum atomic E-state index is 11.0. The molecule has 0 aromatic heterocycles. The number of hydrogen-bond acceptors (Lipinski definition) is 3. The fraction of sp³-hybridized carbons (Fsp3) is 0.889. The van der Waals surface area contributed by atoms with Crippen LogP contribution in [0.3, 0.4) is 0 Å². The Balaban J connectivity index is 2.18. The highest BCUT2D eigenvalue weighted by atomic mass is 16.3. The minimum atomic E-state index is -0.745. The molecule has 3 saturated carbocycles. The van der Waals surface area contributed by atoms with Crippen molar-refractivity contribution in [3.63, 3.8) is 0 Å². The van der Waals surface area contributed by atoms with Gasteiger partial charge >= 0.3 is 0 Å². The molecule has 0 spiro atoms. The summed E-state index contributed by atoms with van der Waals surface area (Å²) in [6, 6.07) is 0. The molecular weight excluding hydrogens is 170 g/mol. The summed E-state index contributed by atoms with van der Waals surface area (Å²) in [7, 11) is 0. The minimum Gasteiger partial charge on any atom is -0.390 e. The maximum Gasteiger partial charge on any atom is 0.220 e. The fourth-order valence-electron chi connectivity index (χ4n) is 2.80. The van der Waals surface area contributed by atoms with Gasteiger partial charge in [-0.05, 0) is 31.1 Å². The number of fused-ring (bicyclic) bond motifs is 3. The molecule has 13 heavy (non-hydrogen) atoms. The lowest BCUT2D eigenvalue weighted by Gasteiger charge is -2.47. The van der Waals surface area contributed by atoms with Crippen molar-refractivity contribution in [2.75, 3.05) is 0 Å². The van der Waals surface area contributed by atoms with E-state index in [1.54, 1.807) is 0 Å². The van der Waals surface area contributed by atoms with Crippen LogP contribution in [0.1, 0.15) is 19.3 Å². The predicted octanol–water partition coefficient (Wildman–Crippen LogP) is -0.760. The first-order valence-electron chi connectivity index (χ1n) is 4.76. The van der Waals surface area contributed by atoms with E-state index in [1.165, 1.54) is 0 Å². The average molecular weight is 185 g/mol. The summed E-state index contributed by atoms with van der Waals surface area (Å²) >= 11 is 0. The summed E-state index contributed by atoms with van der Waals surface area (Å²) < 4.78 is 0. The minimum absolute atomic E-state index is 0.0671.